The van der Waals surface area contributed by atoms with Gasteiger partial charge < -0.3 is 10.4 Å². The summed E-state index contributed by atoms with van der Waals surface area (Å²) in [7, 11) is 0. The average Bonchev–Trinajstić information content (AvgIpc) is 3.16. The molecular weight excluding hydrogens is 246 g/mol. The zero-order valence-corrected chi connectivity index (χ0v) is 10.7. The van der Waals surface area contributed by atoms with E-state index in [4.69, 9.17) is 0 Å². The molecule has 1 fully saturated rings. The van der Waals surface area contributed by atoms with E-state index in [1.807, 2.05) is 30.3 Å². The van der Waals surface area contributed by atoms with E-state index < -0.39 is 6.10 Å². The summed E-state index contributed by atoms with van der Waals surface area (Å²) in [6.45, 7) is 0.462. The number of aliphatic hydroxyl groups is 1. The Morgan fingerprint density at radius 3 is 2.83 bits per heavy atom. The normalized spacial score (nSPS) is 16.5. The second-order valence-electron chi connectivity index (χ2n) is 4.54. The molecule has 1 aromatic heterocycles. The number of anilines is 1. The van der Waals surface area contributed by atoms with Crippen LogP contribution in [-0.2, 0) is 0 Å². The van der Waals surface area contributed by atoms with Gasteiger partial charge in [-0.05, 0) is 18.4 Å². The molecule has 1 saturated carbocycles. The van der Waals surface area contributed by atoms with Crippen molar-refractivity contribution in [2.24, 2.45) is 0 Å². The Morgan fingerprint density at radius 2 is 2.11 bits per heavy atom. The molecule has 1 atom stereocenters. The Kier molecular flexibility index (Phi) is 3.25. The SMILES string of the molecule is OC(CNc1nc(C2CC2)ns1)c1ccccc1. The van der Waals surface area contributed by atoms with Crippen LogP contribution >= 0.6 is 11.5 Å². The van der Waals surface area contributed by atoms with Gasteiger partial charge in [0.1, 0.15) is 5.82 Å². The topological polar surface area (TPSA) is 58.0 Å². The van der Waals surface area contributed by atoms with E-state index in [0.717, 1.165) is 16.5 Å². The highest BCUT2D eigenvalue weighted by Gasteiger charge is 2.27. The first-order valence-electron chi connectivity index (χ1n) is 6.13. The first-order chi connectivity index (χ1) is 8.83. The van der Waals surface area contributed by atoms with Crippen molar-refractivity contribution in [2.75, 3.05) is 11.9 Å². The van der Waals surface area contributed by atoms with Crippen LogP contribution in [-0.4, -0.2) is 21.0 Å². The van der Waals surface area contributed by atoms with Gasteiger partial charge in [-0.2, -0.15) is 4.37 Å². The highest BCUT2D eigenvalue weighted by Crippen LogP contribution is 2.39. The van der Waals surface area contributed by atoms with E-state index in [2.05, 4.69) is 14.7 Å². The van der Waals surface area contributed by atoms with Crippen molar-refractivity contribution in [3.8, 4) is 0 Å². The molecule has 0 amide bonds. The molecule has 18 heavy (non-hydrogen) atoms. The molecule has 2 aromatic rings. The molecule has 0 bridgehead atoms. The maximum absolute atomic E-state index is 10.0. The molecule has 1 aromatic carbocycles. The molecule has 0 saturated heterocycles. The molecule has 1 aliphatic rings. The van der Waals surface area contributed by atoms with E-state index >= 15 is 0 Å². The minimum Gasteiger partial charge on any atom is -0.387 e. The molecule has 2 N–H and O–H groups in total. The Balaban J connectivity index is 1.56. The van der Waals surface area contributed by atoms with Crippen molar-refractivity contribution < 1.29 is 5.11 Å². The van der Waals surface area contributed by atoms with E-state index in [1.165, 1.54) is 24.4 Å². The fraction of sp³-hybridized carbons (Fsp3) is 0.385. The fourth-order valence-corrected chi connectivity index (χ4v) is 2.44. The summed E-state index contributed by atoms with van der Waals surface area (Å²) in [4.78, 5) is 4.42. The maximum atomic E-state index is 10.0. The molecule has 94 valence electrons. The molecule has 1 heterocycles. The summed E-state index contributed by atoms with van der Waals surface area (Å²) < 4.78 is 4.32. The number of aliphatic hydroxyl groups excluding tert-OH is 1. The van der Waals surface area contributed by atoms with Gasteiger partial charge in [-0.25, -0.2) is 4.98 Å². The minimum atomic E-state index is -0.514. The maximum Gasteiger partial charge on any atom is 0.202 e. The van der Waals surface area contributed by atoms with Crippen LogP contribution < -0.4 is 5.32 Å². The van der Waals surface area contributed by atoms with Gasteiger partial charge in [-0.3, -0.25) is 0 Å². The number of aromatic nitrogens is 2. The standard InChI is InChI=1S/C13H15N3OS/c17-11(9-4-2-1-3-5-9)8-14-13-15-12(16-18-13)10-6-7-10/h1-5,10-11,17H,6-8H2,(H,14,15,16). The second kappa shape index (κ2) is 5.04. The van der Waals surface area contributed by atoms with Crippen LogP contribution in [0.3, 0.4) is 0 Å². The van der Waals surface area contributed by atoms with E-state index in [9.17, 15) is 5.11 Å². The Morgan fingerprint density at radius 1 is 1.33 bits per heavy atom. The number of hydrogen-bond donors (Lipinski definition) is 2. The van der Waals surface area contributed by atoms with Gasteiger partial charge in [0.2, 0.25) is 5.13 Å². The summed E-state index contributed by atoms with van der Waals surface area (Å²) in [5.74, 6) is 1.53. The van der Waals surface area contributed by atoms with Gasteiger partial charge in [-0.15, -0.1) is 0 Å². The van der Waals surface area contributed by atoms with Crippen molar-refractivity contribution in [2.45, 2.75) is 24.9 Å². The van der Waals surface area contributed by atoms with Crippen molar-refractivity contribution in [1.82, 2.24) is 9.36 Å². The predicted molar refractivity (Wildman–Crippen MR) is 71.8 cm³/mol. The predicted octanol–water partition coefficient (Wildman–Crippen LogP) is 2.56. The van der Waals surface area contributed by atoms with Gasteiger partial charge in [0.15, 0.2) is 0 Å². The Hall–Kier alpha value is -1.46. The lowest BCUT2D eigenvalue weighted by molar-refractivity contribution is 0.191. The van der Waals surface area contributed by atoms with Crippen molar-refractivity contribution >= 4 is 16.7 Å². The monoisotopic (exact) mass is 261 g/mol. The summed E-state index contributed by atoms with van der Waals surface area (Å²) in [5.41, 5.74) is 0.914. The zero-order chi connectivity index (χ0) is 12.4. The van der Waals surface area contributed by atoms with Gasteiger partial charge >= 0.3 is 0 Å². The quantitative estimate of drug-likeness (QED) is 0.868. The van der Waals surface area contributed by atoms with Crippen molar-refractivity contribution in [1.29, 1.82) is 0 Å². The highest BCUT2D eigenvalue weighted by atomic mass is 32.1. The van der Waals surface area contributed by atoms with E-state index in [0.29, 0.717) is 12.5 Å². The zero-order valence-electron chi connectivity index (χ0n) is 9.91. The van der Waals surface area contributed by atoms with Crippen molar-refractivity contribution in [3.63, 3.8) is 0 Å². The number of nitrogens with zero attached hydrogens (tertiary/aromatic N) is 2. The first-order valence-corrected chi connectivity index (χ1v) is 6.91. The van der Waals surface area contributed by atoms with Crippen LogP contribution in [0.25, 0.3) is 0 Å². The van der Waals surface area contributed by atoms with Gasteiger partial charge in [0.05, 0.1) is 6.10 Å². The lowest BCUT2D eigenvalue weighted by atomic mass is 10.1. The molecule has 1 aliphatic carbocycles. The van der Waals surface area contributed by atoms with Gasteiger partial charge in [0, 0.05) is 24.0 Å². The van der Waals surface area contributed by atoms with Crippen molar-refractivity contribution in [3.05, 3.63) is 41.7 Å². The van der Waals surface area contributed by atoms with E-state index in [-0.39, 0.29) is 0 Å². The molecule has 3 rings (SSSR count). The third-order valence-electron chi connectivity index (χ3n) is 3.02. The van der Waals surface area contributed by atoms with Crippen LogP contribution in [0.1, 0.15) is 36.3 Å². The average molecular weight is 261 g/mol. The largest absolute Gasteiger partial charge is 0.387 e. The molecule has 0 radical (unpaired) electrons. The number of benzene rings is 1. The molecular formula is C13H15N3OS. The Labute approximate surface area is 110 Å². The molecule has 5 heteroatoms. The number of hydrogen-bond acceptors (Lipinski definition) is 5. The van der Waals surface area contributed by atoms with E-state index in [1.54, 1.807) is 0 Å². The molecule has 0 aliphatic heterocycles. The Bertz CT molecular complexity index is 510. The van der Waals surface area contributed by atoms with Crippen LogP contribution in [0.4, 0.5) is 5.13 Å². The van der Waals surface area contributed by atoms with Crippen LogP contribution in [0.15, 0.2) is 30.3 Å². The van der Waals surface area contributed by atoms with Crippen LogP contribution in [0.5, 0.6) is 0 Å². The summed E-state index contributed by atoms with van der Waals surface area (Å²) in [6, 6.07) is 9.63. The number of rotatable bonds is 5. The highest BCUT2D eigenvalue weighted by molar-refractivity contribution is 7.09. The van der Waals surface area contributed by atoms with Gasteiger partial charge in [-0.1, -0.05) is 30.3 Å². The van der Waals surface area contributed by atoms with Crippen LogP contribution in [0, 0.1) is 0 Å². The number of nitrogens with one attached hydrogen (secondary N) is 1. The summed E-state index contributed by atoms with van der Waals surface area (Å²) >= 11 is 1.37. The summed E-state index contributed by atoms with van der Waals surface area (Å²) in [5, 5.41) is 13.9. The molecule has 1 unspecified atom stereocenters. The minimum absolute atomic E-state index is 0.462. The summed E-state index contributed by atoms with van der Waals surface area (Å²) in [6.07, 6.45) is 1.91. The van der Waals surface area contributed by atoms with Crippen LogP contribution in [0.2, 0.25) is 0 Å². The molecule has 0 spiro atoms. The lowest BCUT2D eigenvalue weighted by Crippen LogP contribution is -2.11. The fourth-order valence-electron chi connectivity index (χ4n) is 1.79. The van der Waals surface area contributed by atoms with Gasteiger partial charge in [0.25, 0.3) is 0 Å². The lowest BCUT2D eigenvalue weighted by Gasteiger charge is -2.10. The second-order valence-corrected chi connectivity index (χ2v) is 5.29. The molecule has 4 nitrogen and oxygen atoms in total. The third-order valence-corrected chi connectivity index (χ3v) is 3.70. The first kappa shape index (κ1) is 11.6. The third kappa shape index (κ3) is 2.68. The smallest absolute Gasteiger partial charge is 0.202 e.